The van der Waals surface area contributed by atoms with Crippen LogP contribution in [0.5, 0.6) is 0 Å². The highest BCUT2D eigenvalue weighted by Crippen LogP contribution is 2.24. The minimum atomic E-state index is 0.670. The predicted octanol–water partition coefficient (Wildman–Crippen LogP) is 5.23. The molecular formula is C26H25N3. The summed E-state index contributed by atoms with van der Waals surface area (Å²) in [4.78, 5) is 2.61. The second-order valence-corrected chi connectivity index (χ2v) is 8.20. The van der Waals surface area contributed by atoms with Crippen LogP contribution in [0.15, 0.2) is 72.9 Å². The fourth-order valence-corrected chi connectivity index (χ4v) is 4.74. The highest BCUT2D eigenvalue weighted by molar-refractivity contribution is 5.85. The summed E-state index contributed by atoms with van der Waals surface area (Å²) in [7, 11) is 0. The molecule has 5 rings (SSSR count). The van der Waals surface area contributed by atoms with Gasteiger partial charge in [-0.2, -0.15) is 5.26 Å². The SMILES string of the molecule is N#Cc1ccc2ccn(CC3CCN(CCc4cccc5ccccc45)C3)c2c1. The van der Waals surface area contributed by atoms with E-state index in [0.717, 1.165) is 31.6 Å². The molecule has 1 atom stereocenters. The first-order valence-corrected chi connectivity index (χ1v) is 10.5. The molecule has 1 fully saturated rings. The third-order valence-corrected chi connectivity index (χ3v) is 6.31. The lowest BCUT2D eigenvalue weighted by molar-refractivity contribution is 0.321. The van der Waals surface area contributed by atoms with E-state index >= 15 is 0 Å². The fraction of sp³-hybridized carbons (Fsp3) is 0.269. The molecule has 1 aromatic heterocycles. The van der Waals surface area contributed by atoms with Gasteiger partial charge in [-0.25, -0.2) is 0 Å². The van der Waals surface area contributed by atoms with Gasteiger partial charge in [-0.15, -0.1) is 0 Å². The standard InChI is InChI=1S/C26H25N3/c27-17-20-8-9-24-12-15-29(26(24)16-20)19-21-10-13-28(18-21)14-11-23-6-3-5-22-4-1-2-7-25(22)23/h1-9,12,15-16,21H,10-11,13-14,18-19H2. The van der Waals surface area contributed by atoms with Crippen LogP contribution in [0.1, 0.15) is 17.5 Å². The summed E-state index contributed by atoms with van der Waals surface area (Å²) >= 11 is 0. The number of nitrogens with zero attached hydrogens (tertiary/aromatic N) is 3. The van der Waals surface area contributed by atoms with E-state index in [9.17, 15) is 5.26 Å². The number of hydrogen-bond acceptors (Lipinski definition) is 2. The van der Waals surface area contributed by atoms with Crippen molar-refractivity contribution in [2.24, 2.45) is 5.92 Å². The summed E-state index contributed by atoms with van der Waals surface area (Å²) in [6.45, 7) is 4.49. The highest BCUT2D eigenvalue weighted by Gasteiger charge is 2.23. The van der Waals surface area contributed by atoms with Crippen LogP contribution >= 0.6 is 0 Å². The maximum atomic E-state index is 9.20. The molecule has 144 valence electrons. The van der Waals surface area contributed by atoms with Crippen LogP contribution < -0.4 is 0 Å². The maximum absolute atomic E-state index is 9.20. The fourth-order valence-electron chi connectivity index (χ4n) is 4.74. The predicted molar refractivity (Wildman–Crippen MR) is 119 cm³/mol. The maximum Gasteiger partial charge on any atom is 0.0992 e. The zero-order valence-corrected chi connectivity index (χ0v) is 16.6. The Morgan fingerprint density at radius 3 is 2.79 bits per heavy atom. The molecule has 0 spiro atoms. The number of benzene rings is 3. The number of nitriles is 1. The van der Waals surface area contributed by atoms with Crippen LogP contribution in [0.3, 0.4) is 0 Å². The minimum absolute atomic E-state index is 0.670. The molecule has 1 aliphatic rings. The van der Waals surface area contributed by atoms with E-state index < -0.39 is 0 Å². The Bertz CT molecular complexity index is 1190. The lowest BCUT2D eigenvalue weighted by Crippen LogP contribution is -2.24. The van der Waals surface area contributed by atoms with E-state index in [1.165, 1.54) is 40.2 Å². The Kier molecular flexibility index (Phi) is 4.79. The summed E-state index contributed by atoms with van der Waals surface area (Å²) in [5, 5.41) is 13.1. The van der Waals surface area contributed by atoms with Gasteiger partial charge in [-0.1, -0.05) is 48.5 Å². The molecule has 0 aliphatic carbocycles. The largest absolute Gasteiger partial charge is 0.347 e. The number of likely N-dealkylation sites (tertiary alicyclic amines) is 1. The van der Waals surface area contributed by atoms with Gasteiger partial charge in [0.05, 0.1) is 11.6 Å². The molecule has 0 saturated carbocycles. The van der Waals surface area contributed by atoms with Crippen LogP contribution in [0.4, 0.5) is 0 Å². The third-order valence-electron chi connectivity index (χ3n) is 6.31. The zero-order valence-electron chi connectivity index (χ0n) is 16.6. The molecule has 29 heavy (non-hydrogen) atoms. The van der Waals surface area contributed by atoms with Crippen LogP contribution in [-0.2, 0) is 13.0 Å². The lowest BCUT2D eigenvalue weighted by atomic mass is 10.0. The summed E-state index contributed by atoms with van der Waals surface area (Å²) in [5.41, 5.74) is 3.37. The molecule has 1 unspecified atom stereocenters. The van der Waals surface area contributed by atoms with Gasteiger partial charge in [0.1, 0.15) is 0 Å². The Morgan fingerprint density at radius 2 is 1.86 bits per heavy atom. The summed E-state index contributed by atoms with van der Waals surface area (Å²) in [6.07, 6.45) is 4.52. The molecule has 2 heterocycles. The van der Waals surface area contributed by atoms with Crippen molar-refractivity contribution in [1.29, 1.82) is 5.26 Å². The summed E-state index contributed by atoms with van der Waals surface area (Å²) in [5.74, 6) is 0.670. The molecule has 1 saturated heterocycles. The van der Waals surface area contributed by atoms with Crippen molar-refractivity contribution in [3.8, 4) is 6.07 Å². The minimum Gasteiger partial charge on any atom is -0.347 e. The molecule has 0 bridgehead atoms. The average Bonchev–Trinajstić information content (AvgIpc) is 3.39. The number of aromatic nitrogens is 1. The molecule has 1 aliphatic heterocycles. The van der Waals surface area contributed by atoms with E-state index in [4.69, 9.17) is 0 Å². The normalized spacial score (nSPS) is 17.1. The van der Waals surface area contributed by atoms with Gasteiger partial charge in [-0.05, 0) is 65.2 Å². The van der Waals surface area contributed by atoms with E-state index in [1.54, 1.807) is 0 Å². The van der Waals surface area contributed by atoms with Crippen LogP contribution in [0, 0.1) is 17.2 Å². The van der Waals surface area contributed by atoms with Gasteiger partial charge < -0.3 is 9.47 Å². The number of hydrogen-bond donors (Lipinski definition) is 0. The van der Waals surface area contributed by atoms with Crippen molar-refractivity contribution >= 4 is 21.7 Å². The first-order chi connectivity index (χ1) is 14.3. The van der Waals surface area contributed by atoms with Crippen molar-refractivity contribution in [2.45, 2.75) is 19.4 Å². The van der Waals surface area contributed by atoms with E-state index in [2.05, 4.69) is 76.3 Å². The first kappa shape index (κ1) is 18.0. The smallest absolute Gasteiger partial charge is 0.0992 e. The monoisotopic (exact) mass is 379 g/mol. The van der Waals surface area contributed by atoms with Crippen molar-refractivity contribution < 1.29 is 0 Å². The van der Waals surface area contributed by atoms with Gasteiger partial charge in [0.2, 0.25) is 0 Å². The second kappa shape index (κ2) is 7.73. The van der Waals surface area contributed by atoms with Gasteiger partial charge >= 0.3 is 0 Å². The van der Waals surface area contributed by atoms with Gasteiger partial charge in [0.15, 0.2) is 0 Å². The Labute approximate surface area is 171 Å². The lowest BCUT2D eigenvalue weighted by Gasteiger charge is -2.17. The molecule has 3 heteroatoms. The van der Waals surface area contributed by atoms with Gasteiger partial charge in [0.25, 0.3) is 0 Å². The van der Waals surface area contributed by atoms with Gasteiger partial charge in [0, 0.05) is 31.3 Å². The summed E-state index contributed by atoms with van der Waals surface area (Å²) < 4.78 is 2.33. The van der Waals surface area contributed by atoms with Crippen LogP contribution in [0.2, 0.25) is 0 Å². The Hall–Kier alpha value is -3.09. The Balaban J connectivity index is 1.23. The number of fused-ring (bicyclic) bond motifs is 2. The third kappa shape index (κ3) is 3.64. The zero-order chi connectivity index (χ0) is 19.6. The topological polar surface area (TPSA) is 32.0 Å². The van der Waals surface area contributed by atoms with Crippen LogP contribution in [-0.4, -0.2) is 29.1 Å². The summed E-state index contributed by atoms with van der Waals surface area (Å²) in [6, 6.07) is 25.7. The van der Waals surface area contributed by atoms with E-state index in [1.807, 2.05) is 12.1 Å². The molecule has 3 nitrogen and oxygen atoms in total. The van der Waals surface area contributed by atoms with Gasteiger partial charge in [-0.3, -0.25) is 0 Å². The van der Waals surface area contributed by atoms with Crippen molar-refractivity contribution in [2.75, 3.05) is 19.6 Å². The number of rotatable bonds is 5. The van der Waals surface area contributed by atoms with E-state index in [0.29, 0.717) is 5.92 Å². The van der Waals surface area contributed by atoms with E-state index in [-0.39, 0.29) is 0 Å². The van der Waals surface area contributed by atoms with Crippen molar-refractivity contribution in [3.05, 3.63) is 84.1 Å². The molecule has 3 aromatic carbocycles. The highest BCUT2D eigenvalue weighted by atomic mass is 15.1. The Morgan fingerprint density at radius 1 is 0.966 bits per heavy atom. The quantitative estimate of drug-likeness (QED) is 0.475. The molecular weight excluding hydrogens is 354 g/mol. The molecule has 4 aromatic rings. The molecule has 0 radical (unpaired) electrons. The average molecular weight is 380 g/mol. The van der Waals surface area contributed by atoms with Crippen molar-refractivity contribution in [3.63, 3.8) is 0 Å². The van der Waals surface area contributed by atoms with Crippen molar-refractivity contribution in [1.82, 2.24) is 9.47 Å². The molecule has 0 amide bonds. The first-order valence-electron chi connectivity index (χ1n) is 10.5. The second-order valence-electron chi connectivity index (χ2n) is 8.20. The van der Waals surface area contributed by atoms with Crippen LogP contribution in [0.25, 0.3) is 21.7 Å². The molecule has 0 N–H and O–H groups in total.